The topological polar surface area (TPSA) is 89.4 Å². The van der Waals surface area contributed by atoms with E-state index in [1.165, 1.54) is 11.8 Å². The van der Waals surface area contributed by atoms with E-state index in [1.54, 1.807) is 23.1 Å². The Morgan fingerprint density at radius 3 is 2.90 bits per heavy atom. The normalized spacial score (nSPS) is 18.5. The molecule has 2 rings (SSSR count). The highest BCUT2D eigenvalue weighted by atomic mass is 35.5. The van der Waals surface area contributed by atoms with Crippen LogP contribution in [0, 0.1) is 5.92 Å². The second-order valence-corrected chi connectivity index (χ2v) is 6.51. The van der Waals surface area contributed by atoms with Crippen LogP contribution in [0.15, 0.2) is 23.1 Å². The predicted molar refractivity (Wildman–Crippen MR) is 85.1 cm³/mol. The predicted octanol–water partition coefficient (Wildman–Crippen LogP) is 1.74. The molecule has 0 saturated carbocycles. The molecule has 1 aliphatic heterocycles. The van der Waals surface area contributed by atoms with Crippen molar-refractivity contribution < 1.29 is 9.59 Å². The SMILES string of the molecule is NC(=O)C1CCCN(C(=O)CSc2cc(Cl)ccc2N)C1. The zero-order valence-electron chi connectivity index (χ0n) is 11.5. The minimum absolute atomic E-state index is 0.00896. The Bertz CT molecular complexity index is 553. The van der Waals surface area contributed by atoms with Crippen LogP contribution in [-0.2, 0) is 9.59 Å². The van der Waals surface area contributed by atoms with Crippen molar-refractivity contribution in [2.75, 3.05) is 24.6 Å². The van der Waals surface area contributed by atoms with E-state index >= 15 is 0 Å². The summed E-state index contributed by atoms with van der Waals surface area (Å²) in [6.45, 7) is 1.09. The summed E-state index contributed by atoms with van der Waals surface area (Å²) in [5.74, 6) is -0.302. The number of rotatable bonds is 4. The first-order valence-electron chi connectivity index (χ1n) is 6.72. The van der Waals surface area contributed by atoms with Gasteiger partial charge in [-0.15, -0.1) is 11.8 Å². The van der Waals surface area contributed by atoms with E-state index in [1.807, 2.05) is 0 Å². The number of nitrogens with zero attached hydrogens (tertiary/aromatic N) is 1. The summed E-state index contributed by atoms with van der Waals surface area (Å²) in [5.41, 5.74) is 11.8. The minimum atomic E-state index is -0.334. The number of amides is 2. The molecule has 114 valence electrons. The van der Waals surface area contributed by atoms with E-state index < -0.39 is 0 Å². The summed E-state index contributed by atoms with van der Waals surface area (Å²) < 4.78 is 0. The van der Waals surface area contributed by atoms with E-state index in [2.05, 4.69) is 0 Å². The van der Waals surface area contributed by atoms with Gasteiger partial charge in [0.05, 0.1) is 11.7 Å². The van der Waals surface area contributed by atoms with Crippen molar-refractivity contribution in [2.45, 2.75) is 17.7 Å². The number of halogens is 1. The highest BCUT2D eigenvalue weighted by molar-refractivity contribution is 8.00. The van der Waals surface area contributed by atoms with E-state index in [0.29, 0.717) is 23.8 Å². The minimum Gasteiger partial charge on any atom is -0.398 e. The molecular weight excluding hydrogens is 310 g/mol. The Morgan fingerprint density at radius 2 is 2.19 bits per heavy atom. The molecule has 1 fully saturated rings. The van der Waals surface area contributed by atoms with Crippen molar-refractivity contribution >= 4 is 40.9 Å². The van der Waals surface area contributed by atoms with Crippen molar-refractivity contribution in [1.29, 1.82) is 0 Å². The molecule has 0 radical (unpaired) electrons. The Hall–Kier alpha value is -1.40. The second-order valence-electron chi connectivity index (χ2n) is 5.05. The molecule has 1 aromatic carbocycles. The van der Waals surface area contributed by atoms with Gasteiger partial charge in [-0.05, 0) is 31.0 Å². The molecule has 1 aromatic rings. The van der Waals surface area contributed by atoms with Crippen LogP contribution in [0.5, 0.6) is 0 Å². The standard InChI is InChI=1S/C14H18ClN3O2S/c15-10-3-4-11(16)12(6-10)21-8-13(19)18-5-1-2-9(7-18)14(17)20/h3-4,6,9H,1-2,5,7-8,16H2,(H2,17,20). The van der Waals surface area contributed by atoms with Gasteiger partial charge in [0.25, 0.3) is 0 Å². The van der Waals surface area contributed by atoms with Gasteiger partial charge in [0.15, 0.2) is 0 Å². The number of piperidine rings is 1. The quantitative estimate of drug-likeness (QED) is 0.651. The Morgan fingerprint density at radius 1 is 1.43 bits per heavy atom. The maximum atomic E-state index is 12.2. The third kappa shape index (κ3) is 4.28. The van der Waals surface area contributed by atoms with Crippen LogP contribution < -0.4 is 11.5 Å². The van der Waals surface area contributed by atoms with Gasteiger partial charge in [-0.2, -0.15) is 0 Å². The van der Waals surface area contributed by atoms with Gasteiger partial charge in [0.2, 0.25) is 11.8 Å². The third-order valence-electron chi connectivity index (χ3n) is 3.50. The summed E-state index contributed by atoms with van der Waals surface area (Å²) in [6, 6.07) is 5.18. The summed E-state index contributed by atoms with van der Waals surface area (Å²) in [4.78, 5) is 25.9. The average molecular weight is 328 g/mol. The molecule has 1 aliphatic rings. The van der Waals surface area contributed by atoms with Crippen molar-refractivity contribution in [3.63, 3.8) is 0 Å². The van der Waals surface area contributed by atoms with Crippen LogP contribution in [0.1, 0.15) is 12.8 Å². The van der Waals surface area contributed by atoms with Crippen LogP contribution in [0.25, 0.3) is 0 Å². The van der Waals surface area contributed by atoms with Crippen LogP contribution >= 0.6 is 23.4 Å². The molecule has 4 N–H and O–H groups in total. The fourth-order valence-corrected chi connectivity index (χ4v) is 3.44. The Kier molecular flexibility index (Phi) is 5.36. The zero-order chi connectivity index (χ0) is 15.4. The Labute approximate surface area is 133 Å². The lowest BCUT2D eigenvalue weighted by molar-refractivity contribution is -0.132. The molecule has 0 bridgehead atoms. The first kappa shape index (κ1) is 16.0. The fraction of sp³-hybridized carbons (Fsp3) is 0.429. The summed E-state index contributed by atoms with van der Waals surface area (Å²) in [7, 11) is 0. The number of primary amides is 1. The van der Waals surface area contributed by atoms with Gasteiger partial charge < -0.3 is 16.4 Å². The lowest BCUT2D eigenvalue weighted by Gasteiger charge is -2.31. The number of hydrogen-bond acceptors (Lipinski definition) is 4. The number of anilines is 1. The lowest BCUT2D eigenvalue weighted by atomic mass is 9.97. The molecule has 0 aromatic heterocycles. The van der Waals surface area contributed by atoms with E-state index in [4.69, 9.17) is 23.1 Å². The second kappa shape index (κ2) is 7.04. The monoisotopic (exact) mass is 327 g/mol. The number of hydrogen-bond donors (Lipinski definition) is 2. The Balaban J connectivity index is 1.92. The van der Waals surface area contributed by atoms with Gasteiger partial charge in [-0.25, -0.2) is 0 Å². The van der Waals surface area contributed by atoms with E-state index in [9.17, 15) is 9.59 Å². The smallest absolute Gasteiger partial charge is 0.232 e. The summed E-state index contributed by atoms with van der Waals surface area (Å²) >= 11 is 7.27. The van der Waals surface area contributed by atoms with Gasteiger partial charge in [-0.3, -0.25) is 9.59 Å². The first-order valence-corrected chi connectivity index (χ1v) is 8.08. The average Bonchev–Trinajstić information content (AvgIpc) is 2.48. The number of carbonyl (C=O) groups excluding carboxylic acids is 2. The number of likely N-dealkylation sites (tertiary alicyclic amines) is 1. The molecule has 0 aliphatic carbocycles. The van der Waals surface area contributed by atoms with E-state index in [0.717, 1.165) is 17.7 Å². The summed E-state index contributed by atoms with van der Waals surface area (Å²) in [6.07, 6.45) is 1.57. The van der Waals surface area contributed by atoms with Crippen molar-refractivity contribution in [3.05, 3.63) is 23.2 Å². The van der Waals surface area contributed by atoms with Crippen molar-refractivity contribution in [2.24, 2.45) is 11.7 Å². The zero-order valence-corrected chi connectivity index (χ0v) is 13.1. The number of carbonyl (C=O) groups is 2. The van der Waals surface area contributed by atoms with Crippen LogP contribution in [0.3, 0.4) is 0 Å². The number of benzene rings is 1. The molecule has 1 saturated heterocycles. The highest BCUT2D eigenvalue weighted by Crippen LogP contribution is 2.28. The molecule has 0 spiro atoms. The molecule has 21 heavy (non-hydrogen) atoms. The first-order chi connectivity index (χ1) is 9.97. The highest BCUT2D eigenvalue weighted by Gasteiger charge is 2.26. The van der Waals surface area contributed by atoms with Crippen molar-refractivity contribution in [1.82, 2.24) is 4.90 Å². The fourth-order valence-electron chi connectivity index (χ4n) is 2.30. The van der Waals surface area contributed by atoms with Gasteiger partial charge >= 0.3 is 0 Å². The molecule has 7 heteroatoms. The molecule has 1 atom stereocenters. The molecule has 1 unspecified atom stereocenters. The lowest BCUT2D eigenvalue weighted by Crippen LogP contribution is -2.44. The van der Waals surface area contributed by atoms with Gasteiger partial charge in [0, 0.05) is 28.7 Å². The maximum Gasteiger partial charge on any atom is 0.232 e. The molecule has 5 nitrogen and oxygen atoms in total. The van der Waals surface area contributed by atoms with Crippen LogP contribution in [0.2, 0.25) is 5.02 Å². The number of thioether (sulfide) groups is 1. The van der Waals surface area contributed by atoms with Crippen LogP contribution in [0.4, 0.5) is 5.69 Å². The molecule has 1 heterocycles. The summed E-state index contributed by atoms with van der Waals surface area (Å²) in [5, 5.41) is 0.589. The third-order valence-corrected chi connectivity index (χ3v) is 4.79. The van der Waals surface area contributed by atoms with Gasteiger partial charge in [-0.1, -0.05) is 11.6 Å². The number of nitrogen functional groups attached to an aromatic ring is 1. The van der Waals surface area contributed by atoms with E-state index in [-0.39, 0.29) is 23.5 Å². The number of nitrogens with two attached hydrogens (primary N) is 2. The largest absolute Gasteiger partial charge is 0.398 e. The van der Waals surface area contributed by atoms with Gasteiger partial charge in [0.1, 0.15) is 0 Å². The van der Waals surface area contributed by atoms with Crippen LogP contribution in [-0.4, -0.2) is 35.6 Å². The maximum absolute atomic E-state index is 12.2. The molecular formula is C14H18ClN3O2S. The van der Waals surface area contributed by atoms with Crippen molar-refractivity contribution in [3.8, 4) is 0 Å². The molecule has 2 amide bonds.